The standard InChI is InChI=1S/C5H10O2.C4H10O.2C3H8O.Ti/c1-4(6)5(2)3-7-5;1-4(2,3)5;2*1-3(2)4;/h4,6H,3H2,1-2H3;5H,1-3H3;2*3-4H,1-2H3;/t4-,5-;;;;/m0..../s1. The molecule has 0 aliphatic carbocycles. The quantitative estimate of drug-likeness (QED) is 0.429. The molecule has 1 aliphatic rings. The Morgan fingerprint density at radius 2 is 1.05 bits per heavy atom. The summed E-state index contributed by atoms with van der Waals surface area (Å²) < 4.78 is 4.91. The second-order valence-corrected chi connectivity index (χ2v) is 6.64. The monoisotopic (exact) mass is 344 g/mol. The Bertz CT molecular complexity index is 191. The third kappa shape index (κ3) is 53.0. The van der Waals surface area contributed by atoms with Gasteiger partial charge in [-0.1, -0.05) is 0 Å². The molecule has 130 valence electrons. The maximum atomic E-state index is 8.83. The van der Waals surface area contributed by atoms with Gasteiger partial charge in [-0.15, -0.1) is 0 Å². The van der Waals surface area contributed by atoms with Crippen LogP contribution in [-0.2, 0) is 26.5 Å². The number of aliphatic hydroxyl groups is 4. The van der Waals surface area contributed by atoms with Crippen molar-refractivity contribution >= 4 is 0 Å². The van der Waals surface area contributed by atoms with Crippen molar-refractivity contribution in [2.45, 2.75) is 91.8 Å². The summed E-state index contributed by atoms with van der Waals surface area (Å²) in [5.74, 6) is 0. The van der Waals surface area contributed by atoms with Gasteiger partial charge >= 0.3 is 0 Å². The fraction of sp³-hybridized carbons (Fsp3) is 1.00. The summed E-state index contributed by atoms with van der Waals surface area (Å²) in [6, 6.07) is 0. The summed E-state index contributed by atoms with van der Waals surface area (Å²) in [4.78, 5) is 0. The molecule has 0 aromatic carbocycles. The number of aliphatic hydroxyl groups excluding tert-OH is 3. The third-order valence-electron chi connectivity index (χ3n) is 1.48. The van der Waals surface area contributed by atoms with Gasteiger partial charge in [-0.25, -0.2) is 0 Å². The molecule has 21 heavy (non-hydrogen) atoms. The number of hydrogen-bond acceptors (Lipinski definition) is 5. The topological polar surface area (TPSA) is 93.5 Å². The minimum absolute atomic E-state index is 0. The first-order valence-electron chi connectivity index (χ1n) is 7.02. The van der Waals surface area contributed by atoms with Gasteiger partial charge in [0.15, 0.2) is 0 Å². The minimum atomic E-state index is -0.500. The number of epoxide rings is 1. The smallest absolute Gasteiger partial charge is 0.114 e. The fourth-order valence-corrected chi connectivity index (χ4v) is 0.355. The predicted molar refractivity (Wildman–Crippen MR) is 82.7 cm³/mol. The van der Waals surface area contributed by atoms with Crippen molar-refractivity contribution in [1.82, 2.24) is 0 Å². The van der Waals surface area contributed by atoms with Crippen molar-refractivity contribution in [1.29, 1.82) is 0 Å². The summed E-state index contributed by atoms with van der Waals surface area (Å²) in [5, 5.41) is 33.5. The summed E-state index contributed by atoms with van der Waals surface area (Å²) in [7, 11) is 0. The molecule has 2 atom stereocenters. The molecule has 1 heterocycles. The molecule has 1 fully saturated rings. The second kappa shape index (κ2) is 14.1. The number of hydrogen-bond donors (Lipinski definition) is 4. The number of rotatable bonds is 1. The van der Waals surface area contributed by atoms with Crippen molar-refractivity contribution in [2.75, 3.05) is 6.61 Å². The maximum absolute atomic E-state index is 8.83. The average molecular weight is 344 g/mol. The largest absolute Gasteiger partial charge is 0.394 e. The maximum Gasteiger partial charge on any atom is 0.114 e. The van der Waals surface area contributed by atoms with Crippen LogP contribution in [0.3, 0.4) is 0 Å². The molecule has 1 rings (SSSR count). The van der Waals surface area contributed by atoms with Crippen LogP contribution in [-0.4, -0.2) is 56.5 Å². The van der Waals surface area contributed by atoms with Crippen LogP contribution in [0.2, 0.25) is 0 Å². The SMILES string of the molecule is CC(C)(C)O.CC(C)O.CC(C)O.C[C@H](O)[C@]1(C)CO1.[Ti]. The van der Waals surface area contributed by atoms with E-state index in [1.165, 1.54) is 0 Å². The molecule has 1 saturated heterocycles. The van der Waals surface area contributed by atoms with Gasteiger partial charge < -0.3 is 25.2 Å². The molecule has 4 N–H and O–H groups in total. The Kier molecular flexibility index (Phi) is 19.9. The van der Waals surface area contributed by atoms with Crippen LogP contribution in [0.25, 0.3) is 0 Å². The molecular weight excluding hydrogens is 308 g/mol. The minimum Gasteiger partial charge on any atom is -0.394 e. The predicted octanol–water partition coefficient (Wildman–Crippen LogP) is 1.70. The van der Waals surface area contributed by atoms with E-state index < -0.39 is 5.60 Å². The van der Waals surface area contributed by atoms with E-state index in [0.29, 0.717) is 6.61 Å². The third-order valence-corrected chi connectivity index (χ3v) is 1.48. The van der Waals surface area contributed by atoms with Crippen LogP contribution >= 0.6 is 0 Å². The van der Waals surface area contributed by atoms with Crippen LogP contribution in [0.4, 0.5) is 0 Å². The Morgan fingerprint density at radius 3 is 1.05 bits per heavy atom. The van der Waals surface area contributed by atoms with Crippen LogP contribution in [0.15, 0.2) is 0 Å². The summed E-state index contributed by atoms with van der Waals surface area (Å²) >= 11 is 0. The molecular formula is C15H36O5Ti. The van der Waals surface area contributed by atoms with E-state index in [9.17, 15) is 0 Å². The van der Waals surface area contributed by atoms with Gasteiger partial charge in [0.1, 0.15) is 5.60 Å². The van der Waals surface area contributed by atoms with E-state index in [1.807, 2.05) is 6.92 Å². The van der Waals surface area contributed by atoms with E-state index in [-0.39, 0.29) is 45.6 Å². The van der Waals surface area contributed by atoms with E-state index in [0.717, 1.165) is 0 Å². The first kappa shape index (κ1) is 29.5. The molecule has 1 aliphatic heterocycles. The molecule has 0 bridgehead atoms. The normalized spacial score (nSPS) is 20.7. The van der Waals surface area contributed by atoms with Gasteiger partial charge in [-0.05, 0) is 62.3 Å². The van der Waals surface area contributed by atoms with Crippen molar-refractivity contribution in [3.8, 4) is 0 Å². The second-order valence-electron chi connectivity index (χ2n) is 6.64. The van der Waals surface area contributed by atoms with E-state index >= 15 is 0 Å². The van der Waals surface area contributed by atoms with Crippen LogP contribution in [0.5, 0.6) is 0 Å². The van der Waals surface area contributed by atoms with Gasteiger partial charge in [0.25, 0.3) is 0 Å². The molecule has 0 aromatic heterocycles. The summed E-state index contributed by atoms with van der Waals surface area (Å²) in [6.45, 7) is 16.5. The van der Waals surface area contributed by atoms with Gasteiger partial charge in [-0.3, -0.25) is 0 Å². The van der Waals surface area contributed by atoms with E-state index in [4.69, 9.17) is 25.2 Å². The van der Waals surface area contributed by atoms with Gasteiger partial charge in [-0.2, -0.15) is 0 Å². The van der Waals surface area contributed by atoms with Gasteiger partial charge in [0.05, 0.1) is 18.3 Å². The zero-order valence-electron chi connectivity index (χ0n) is 15.1. The van der Waals surface area contributed by atoms with Crippen molar-refractivity contribution in [3.05, 3.63) is 0 Å². The zero-order chi connectivity index (χ0) is 17.1. The molecule has 0 saturated carbocycles. The Morgan fingerprint density at radius 1 is 0.905 bits per heavy atom. The summed E-state index contributed by atoms with van der Waals surface area (Å²) in [6.07, 6.45) is -0.646. The molecule has 5 nitrogen and oxygen atoms in total. The zero-order valence-corrected chi connectivity index (χ0v) is 16.7. The Balaban J connectivity index is -0.0000000937. The average Bonchev–Trinajstić information content (AvgIpc) is 2.79. The molecule has 0 amide bonds. The van der Waals surface area contributed by atoms with Crippen LogP contribution < -0.4 is 0 Å². The molecule has 6 heteroatoms. The Hall–Kier alpha value is 0.514. The molecule has 0 unspecified atom stereocenters. The van der Waals surface area contributed by atoms with Crippen LogP contribution in [0.1, 0.15) is 62.3 Å². The van der Waals surface area contributed by atoms with Crippen LogP contribution in [0, 0.1) is 0 Å². The van der Waals surface area contributed by atoms with Crippen molar-refractivity contribution in [2.24, 2.45) is 0 Å². The molecule has 0 radical (unpaired) electrons. The number of ether oxygens (including phenoxy) is 1. The summed E-state index contributed by atoms with van der Waals surface area (Å²) in [5.41, 5.74) is -0.694. The molecule has 0 spiro atoms. The first-order chi connectivity index (χ1) is 8.61. The fourth-order valence-electron chi connectivity index (χ4n) is 0.355. The van der Waals surface area contributed by atoms with Gasteiger partial charge in [0.2, 0.25) is 0 Å². The van der Waals surface area contributed by atoms with Crippen molar-refractivity contribution < 1.29 is 46.9 Å². The molecule has 0 aromatic rings. The van der Waals surface area contributed by atoms with E-state index in [2.05, 4.69) is 0 Å². The van der Waals surface area contributed by atoms with Gasteiger partial charge in [0, 0.05) is 33.9 Å². The van der Waals surface area contributed by atoms with Crippen molar-refractivity contribution in [3.63, 3.8) is 0 Å². The Labute approximate surface area is 145 Å². The first-order valence-corrected chi connectivity index (χ1v) is 7.02. The van der Waals surface area contributed by atoms with E-state index in [1.54, 1.807) is 55.4 Å².